The van der Waals surface area contributed by atoms with E-state index in [1.807, 2.05) is 30.3 Å². The van der Waals surface area contributed by atoms with Gasteiger partial charge < -0.3 is 19.9 Å². The largest absolute Gasteiger partial charge is 0.496 e. The highest BCUT2D eigenvalue weighted by Crippen LogP contribution is 2.24. The molecule has 0 spiro atoms. The number of pyridine rings is 1. The average molecular weight is 511 g/mol. The highest BCUT2D eigenvalue weighted by atomic mass is 79.9. The van der Waals surface area contributed by atoms with Gasteiger partial charge in [0.1, 0.15) is 11.4 Å². The zero-order valence-electron chi connectivity index (χ0n) is 18.1. The van der Waals surface area contributed by atoms with Crippen molar-refractivity contribution in [1.82, 2.24) is 20.1 Å². The Balaban J connectivity index is 1.32. The highest BCUT2D eigenvalue weighted by Gasteiger charge is 2.25. The Morgan fingerprint density at radius 1 is 1.00 bits per heavy atom. The fraction of sp³-hybridized carbons (Fsp3) is 0.250. The number of aromatic nitrogens is 1. The number of para-hydroxylation sites is 1. The molecule has 3 aromatic rings. The van der Waals surface area contributed by atoms with Crippen molar-refractivity contribution >= 4 is 44.6 Å². The third-order valence-electron chi connectivity index (χ3n) is 5.52. The molecule has 0 radical (unpaired) electrons. The molecule has 8 nitrogen and oxygen atoms in total. The number of rotatable bonds is 5. The Labute approximate surface area is 199 Å². The van der Waals surface area contributed by atoms with Crippen molar-refractivity contribution in [3.63, 3.8) is 0 Å². The molecule has 2 heterocycles. The van der Waals surface area contributed by atoms with Crippen LogP contribution in [-0.2, 0) is 4.79 Å². The SMILES string of the molecule is COc1cc(C(=O)NCC(=O)N2CCN(C(=O)c3cccc(Br)c3)CC2)nc2ccccc12. The molecule has 0 saturated carbocycles. The number of hydrogen-bond donors (Lipinski definition) is 1. The van der Waals surface area contributed by atoms with Gasteiger partial charge in [-0.25, -0.2) is 4.98 Å². The van der Waals surface area contributed by atoms with E-state index in [1.54, 1.807) is 34.1 Å². The molecular formula is C24H23BrN4O4. The number of nitrogens with zero attached hydrogens (tertiary/aromatic N) is 3. The summed E-state index contributed by atoms with van der Waals surface area (Å²) in [5.74, 6) is -0.169. The fourth-order valence-electron chi connectivity index (χ4n) is 3.75. The van der Waals surface area contributed by atoms with Gasteiger partial charge in [0.25, 0.3) is 11.8 Å². The third-order valence-corrected chi connectivity index (χ3v) is 6.02. The topological polar surface area (TPSA) is 91.8 Å². The number of amides is 3. The van der Waals surface area contributed by atoms with Crippen LogP contribution in [0.25, 0.3) is 10.9 Å². The number of hydrogen-bond acceptors (Lipinski definition) is 5. The van der Waals surface area contributed by atoms with Crippen LogP contribution >= 0.6 is 15.9 Å². The zero-order chi connectivity index (χ0) is 23.4. The lowest BCUT2D eigenvalue weighted by Gasteiger charge is -2.34. The Morgan fingerprint density at radius 2 is 1.73 bits per heavy atom. The summed E-state index contributed by atoms with van der Waals surface area (Å²) in [6.45, 7) is 1.56. The van der Waals surface area contributed by atoms with Crippen LogP contribution < -0.4 is 10.1 Å². The minimum atomic E-state index is -0.448. The van der Waals surface area contributed by atoms with E-state index >= 15 is 0 Å². The molecule has 0 atom stereocenters. The van der Waals surface area contributed by atoms with Crippen LogP contribution in [0.5, 0.6) is 5.75 Å². The normalized spacial score (nSPS) is 13.6. The van der Waals surface area contributed by atoms with Crippen LogP contribution in [0.2, 0.25) is 0 Å². The number of halogens is 1. The summed E-state index contributed by atoms with van der Waals surface area (Å²) in [6.07, 6.45) is 0. The summed E-state index contributed by atoms with van der Waals surface area (Å²) < 4.78 is 6.22. The number of nitrogens with one attached hydrogen (secondary N) is 1. The summed E-state index contributed by atoms with van der Waals surface area (Å²) in [6, 6.07) is 16.2. The number of piperazine rings is 1. The number of carbonyl (C=O) groups excluding carboxylic acids is 3. The molecule has 3 amide bonds. The number of fused-ring (bicyclic) bond motifs is 1. The third kappa shape index (κ3) is 5.14. The molecule has 0 unspecified atom stereocenters. The second-order valence-electron chi connectivity index (χ2n) is 7.59. The van der Waals surface area contributed by atoms with Crippen molar-refractivity contribution in [2.75, 3.05) is 39.8 Å². The van der Waals surface area contributed by atoms with Crippen LogP contribution in [0.3, 0.4) is 0 Å². The van der Waals surface area contributed by atoms with Crippen LogP contribution in [0, 0.1) is 0 Å². The Morgan fingerprint density at radius 3 is 2.45 bits per heavy atom. The molecule has 0 bridgehead atoms. The molecule has 1 aliphatic rings. The number of benzene rings is 2. The van der Waals surface area contributed by atoms with Crippen molar-refractivity contribution in [2.24, 2.45) is 0 Å². The molecule has 1 fully saturated rings. The number of carbonyl (C=O) groups is 3. The summed E-state index contributed by atoms with van der Waals surface area (Å²) in [5.41, 5.74) is 1.43. The quantitative estimate of drug-likeness (QED) is 0.569. The van der Waals surface area contributed by atoms with Crippen LogP contribution in [-0.4, -0.2) is 72.3 Å². The highest BCUT2D eigenvalue weighted by molar-refractivity contribution is 9.10. The summed E-state index contributed by atoms with van der Waals surface area (Å²) in [4.78, 5) is 45.7. The molecule has 2 aromatic carbocycles. The zero-order valence-corrected chi connectivity index (χ0v) is 19.7. The first-order valence-electron chi connectivity index (χ1n) is 10.5. The van der Waals surface area contributed by atoms with E-state index in [0.29, 0.717) is 43.0 Å². The smallest absolute Gasteiger partial charge is 0.270 e. The molecule has 1 aromatic heterocycles. The first-order chi connectivity index (χ1) is 16.0. The Hall–Kier alpha value is -3.46. The first kappa shape index (κ1) is 22.7. The molecule has 4 rings (SSSR count). The van der Waals surface area contributed by atoms with Gasteiger partial charge in [0.15, 0.2) is 0 Å². The van der Waals surface area contributed by atoms with Crippen molar-refractivity contribution < 1.29 is 19.1 Å². The molecule has 33 heavy (non-hydrogen) atoms. The van der Waals surface area contributed by atoms with Crippen LogP contribution in [0.1, 0.15) is 20.8 Å². The van der Waals surface area contributed by atoms with E-state index in [4.69, 9.17) is 4.74 Å². The molecule has 1 aliphatic heterocycles. The molecule has 1 saturated heterocycles. The molecule has 1 N–H and O–H groups in total. The first-order valence-corrected chi connectivity index (χ1v) is 11.3. The molecular weight excluding hydrogens is 488 g/mol. The van der Waals surface area contributed by atoms with Gasteiger partial charge in [0, 0.05) is 47.7 Å². The van der Waals surface area contributed by atoms with Gasteiger partial charge in [-0.3, -0.25) is 14.4 Å². The van der Waals surface area contributed by atoms with Crippen molar-refractivity contribution in [1.29, 1.82) is 0 Å². The van der Waals surface area contributed by atoms with Crippen molar-refractivity contribution in [3.8, 4) is 5.75 Å². The molecule has 9 heteroatoms. The maximum Gasteiger partial charge on any atom is 0.270 e. The van der Waals surface area contributed by atoms with Gasteiger partial charge in [-0.1, -0.05) is 34.1 Å². The van der Waals surface area contributed by atoms with E-state index in [0.717, 1.165) is 9.86 Å². The van der Waals surface area contributed by atoms with Gasteiger partial charge in [-0.15, -0.1) is 0 Å². The standard InChI is InChI=1S/C24H23BrN4O4/c1-33-21-14-20(27-19-8-3-2-7-18(19)21)23(31)26-15-22(30)28-9-11-29(12-10-28)24(32)16-5-4-6-17(25)13-16/h2-8,13-14H,9-12,15H2,1H3,(H,26,31). The Bertz CT molecular complexity index is 1210. The van der Waals surface area contributed by atoms with Crippen LogP contribution in [0.4, 0.5) is 0 Å². The predicted octanol–water partition coefficient (Wildman–Crippen LogP) is 2.72. The lowest BCUT2D eigenvalue weighted by Crippen LogP contribution is -2.52. The lowest BCUT2D eigenvalue weighted by atomic mass is 10.1. The number of ether oxygens (including phenoxy) is 1. The minimum absolute atomic E-state index is 0.0620. The minimum Gasteiger partial charge on any atom is -0.496 e. The number of methoxy groups -OCH3 is 1. The van der Waals surface area contributed by atoms with E-state index in [-0.39, 0.29) is 24.1 Å². The summed E-state index contributed by atoms with van der Waals surface area (Å²) >= 11 is 3.38. The van der Waals surface area contributed by atoms with E-state index in [2.05, 4.69) is 26.2 Å². The Kier molecular flexibility index (Phi) is 6.88. The fourth-order valence-corrected chi connectivity index (χ4v) is 4.15. The van der Waals surface area contributed by atoms with Crippen LogP contribution in [0.15, 0.2) is 59.1 Å². The van der Waals surface area contributed by atoms with Gasteiger partial charge >= 0.3 is 0 Å². The average Bonchev–Trinajstić information content (AvgIpc) is 2.86. The second-order valence-corrected chi connectivity index (χ2v) is 8.51. The van der Waals surface area contributed by atoms with Crippen molar-refractivity contribution in [2.45, 2.75) is 0 Å². The maximum absolute atomic E-state index is 12.7. The summed E-state index contributed by atoms with van der Waals surface area (Å²) in [5, 5.41) is 3.45. The van der Waals surface area contributed by atoms with Gasteiger partial charge in [-0.05, 0) is 30.3 Å². The molecule has 170 valence electrons. The maximum atomic E-state index is 12.7. The summed E-state index contributed by atoms with van der Waals surface area (Å²) in [7, 11) is 1.54. The van der Waals surface area contributed by atoms with Crippen molar-refractivity contribution in [3.05, 3.63) is 70.3 Å². The van der Waals surface area contributed by atoms with Gasteiger partial charge in [0.2, 0.25) is 5.91 Å². The van der Waals surface area contributed by atoms with E-state index in [1.165, 1.54) is 7.11 Å². The van der Waals surface area contributed by atoms with E-state index < -0.39 is 5.91 Å². The van der Waals surface area contributed by atoms with Gasteiger partial charge in [0.05, 0.1) is 19.2 Å². The van der Waals surface area contributed by atoms with E-state index in [9.17, 15) is 14.4 Å². The second kappa shape index (κ2) is 9.99. The predicted molar refractivity (Wildman–Crippen MR) is 127 cm³/mol. The monoisotopic (exact) mass is 510 g/mol. The van der Waals surface area contributed by atoms with Gasteiger partial charge in [-0.2, -0.15) is 0 Å². The molecule has 0 aliphatic carbocycles. The lowest BCUT2D eigenvalue weighted by molar-refractivity contribution is -0.131.